The first-order valence-corrected chi connectivity index (χ1v) is 12.2. The molecule has 38 heavy (non-hydrogen) atoms. The zero-order chi connectivity index (χ0) is 27.3. The summed E-state index contributed by atoms with van der Waals surface area (Å²) < 4.78 is 15.9. The van der Waals surface area contributed by atoms with Crippen LogP contribution in [0.5, 0.6) is 0 Å². The van der Waals surface area contributed by atoms with E-state index >= 15 is 0 Å². The monoisotopic (exact) mass is 521 g/mol. The number of rotatable bonds is 9. The van der Waals surface area contributed by atoms with Crippen LogP contribution in [0, 0.1) is 16.7 Å². The number of carbonyl (C=O) groups is 2. The van der Waals surface area contributed by atoms with Crippen LogP contribution in [0.2, 0.25) is 0 Å². The lowest BCUT2D eigenvalue weighted by Gasteiger charge is -2.71. The lowest BCUT2D eigenvalue weighted by atomic mass is 9.39. The van der Waals surface area contributed by atoms with Crippen molar-refractivity contribution in [2.45, 2.75) is 50.4 Å². The number of halogens is 1. The molecule has 0 spiro atoms. The summed E-state index contributed by atoms with van der Waals surface area (Å²) in [4.78, 5) is 28.4. The van der Waals surface area contributed by atoms with Crippen molar-refractivity contribution in [1.29, 1.82) is 5.26 Å². The van der Waals surface area contributed by atoms with E-state index in [1.807, 2.05) is 12.1 Å². The van der Waals surface area contributed by atoms with Gasteiger partial charge in [-0.1, -0.05) is 0 Å². The van der Waals surface area contributed by atoms with Gasteiger partial charge < -0.3 is 26.2 Å². The van der Waals surface area contributed by atoms with E-state index in [1.54, 1.807) is 16.6 Å². The summed E-state index contributed by atoms with van der Waals surface area (Å²) in [7, 11) is 0. The van der Waals surface area contributed by atoms with E-state index in [2.05, 4.69) is 32.1 Å². The SMILES string of the molecule is CC(C)(O)C(F)CNC(=O)c1cnc(-c2ccc3cc(C#N)cnn23)cc1NC12CC(CNC(=O)O)(C1)C2. The number of alkyl halides is 1. The molecule has 198 valence electrons. The molecular weight excluding hydrogens is 493 g/mol. The van der Waals surface area contributed by atoms with E-state index in [4.69, 9.17) is 10.4 Å². The third-order valence-electron chi connectivity index (χ3n) is 7.40. The molecule has 3 fully saturated rings. The summed E-state index contributed by atoms with van der Waals surface area (Å²) in [5, 5.41) is 40.8. The van der Waals surface area contributed by atoms with Crippen LogP contribution in [0.3, 0.4) is 0 Å². The number of carboxylic acid groups (broad SMARTS) is 1. The van der Waals surface area contributed by atoms with Crippen molar-refractivity contribution in [3.8, 4) is 17.5 Å². The molecule has 0 aromatic carbocycles. The van der Waals surface area contributed by atoms with Crippen LogP contribution in [-0.2, 0) is 0 Å². The fourth-order valence-corrected chi connectivity index (χ4v) is 5.53. The van der Waals surface area contributed by atoms with Gasteiger partial charge in [0.05, 0.1) is 52.1 Å². The van der Waals surface area contributed by atoms with Gasteiger partial charge in [-0.05, 0) is 62.8 Å². The maximum atomic E-state index is 14.3. The predicted octanol–water partition coefficient (Wildman–Crippen LogP) is 2.71. The number of nitrogens with one attached hydrogen (secondary N) is 3. The zero-order valence-electron chi connectivity index (χ0n) is 21.0. The van der Waals surface area contributed by atoms with Crippen molar-refractivity contribution in [2.75, 3.05) is 18.4 Å². The first kappa shape index (κ1) is 25.4. The average Bonchev–Trinajstić information content (AvgIpc) is 3.25. The van der Waals surface area contributed by atoms with Crippen LogP contribution in [0.15, 0.2) is 36.7 Å². The molecule has 2 amide bonds. The summed E-state index contributed by atoms with van der Waals surface area (Å²) in [5.41, 5.74) is 1.10. The van der Waals surface area contributed by atoms with Gasteiger partial charge in [-0.15, -0.1) is 0 Å². The summed E-state index contributed by atoms with van der Waals surface area (Å²) >= 11 is 0. The highest BCUT2D eigenvalue weighted by Crippen LogP contribution is 2.68. The molecule has 2 bridgehead atoms. The van der Waals surface area contributed by atoms with Crippen molar-refractivity contribution >= 4 is 23.2 Å². The number of nitriles is 1. The molecule has 0 saturated heterocycles. The first-order valence-electron chi connectivity index (χ1n) is 12.2. The standard InChI is InChI=1S/C26H28FN7O4/c1-24(2,38)21(27)10-30-22(35)17-9-29-19(20-4-3-16-5-15(7-28)8-32-34(16)20)6-18(17)33-26-11-25(12-26,13-26)14-31-23(36)37/h3-6,8-9,21,31,38H,10-14H2,1-2H3,(H,29,33)(H,30,35)(H,36,37). The number of fused-ring (bicyclic) bond motifs is 1. The lowest BCUT2D eigenvalue weighted by Crippen LogP contribution is -2.73. The number of aromatic nitrogens is 3. The van der Waals surface area contributed by atoms with Crippen molar-refractivity contribution < 1.29 is 24.2 Å². The topological polar surface area (TPSA) is 165 Å². The second-order valence-corrected chi connectivity index (χ2v) is 11.0. The van der Waals surface area contributed by atoms with E-state index in [0.29, 0.717) is 34.7 Å². The molecule has 1 unspecified atom stereocenters. The molecule has 3 aromatic heterocycles. The highest BCUT2D eigenvalue weighted by molar-refractivity contribution is 6.00. The van der Waals surface area contributed by atoms with Gasteiger partial charge in [-0.3, -0.25) is 9.78 Å². The van der Waals surface area contributed by atoms with Gasteiger partial charge in [0, 0.05) is 18.3 Å². The molecule has 3 saturated carbocycles. The number of amides is 2. The van der Waals surface area contributed by atoms with Gasteiger partial charge in [0.1, 0.15) is 12.2 Å². The van der Waals surface area contributed by atoms with E-state index in [1.165, 1.54) is 26.2 Å². The molecule has 0 aliphatic heterocycles. The largest absolute Gasteiger partial charge is 0.465 e. The smallest absolute Gasteiger partial charge is 0.404 e. The van der Waals surface area contributed by atoms with Crippen LogP contribution in [-0.4, -0.2) is 67.2 Å². The van der Waals surface area contributed by atoms with E-state index < -0.39 is 23.8 Å². The third kappa shape index (κ3) is 4.61. The summed E-state index contributed by atoms with van der Waals surface area (Å²) in [6.45, 7) is 2.68. The third-order valence-corrected chi connectivity index (χ3v) is 7.40. The molecule has 12 heteroatoms. The molecule has 3 aliphatic carbocycles. The van der Waals surface area contributed by atoms with Gasteiger partial charge in [-0.2, -0.15) is 10.4 Å². The van der Waals surface area contributed by atoms with E-state index in [-0.39, 0.29) is 23.1 Å². The fraction of sp³-hybridized carbons (Fsp3) is 0.423. The Labute approximate surface area is 217 Å². The van der Waals surface area contributed by atoms with Crippen LogP contribution in [0.1, 0.15) is 49.0 Å². The van der Waals surface area contributed by atoms with E-state index in [0.717, 1.165) is 19.3 Å². The van der Waals surface area contributed by atoms with Crippen molar-refractivity contribution in [1.82, 2.24) is 25.2 Å². The maximum absolute atomic E-state index is 14.3. The van der Waals surface area contributed by atoms with Crippen LogP contribution in [0.4, 0.5) is 14.9 Å². The van der Waals surface area contributed by atoms with Crippen molar-refractivity contribution in [2.24, 2.45) is 5.41 Å². The molecule has 1 atom stereocenters. The fourth-order valence-electron chi connectivity index (χ4n) is 5.53. The Hall–Kier alpha value is -4.24. The Balaban J connectivity index is 1.42. The Morgan fingerprint density at radius 3 is 2.63 bits per heavy atom. The second kappa shape index (κ2) is 8.95. The molecule has 3 heterocycles. The lowest BCUT2D eigenvalue weighted by molar-refractivity contribution is -0.112. The van der Waals surface area contributed by atoms with Gasteiger partial charge in [-0.25, -0.2) is 13.7 Å². The number of hydrogen-bond acceptors (Lipinski definition) is 7. The average molecular weight is 522 g/mol. The molecular formula is C26H28FN7O4. The number of hydrogen-bond donors (Lipinski definition) is 5. The summed E-state index contributed by atoms with van der Waals surface area (Å²) in [5.74, 6) is -0.538. The van der Waals surface area contributed by atoms with E-state index in [9.17, 15) is 19.1 Å². The molecule has 3 aromatic rings. The van der Waals surface area contributed by atoms with Gasteiger partial charge in [0.15, 0.2) is 0 Å². The number of carbonyl (C=O) groups excluding carboxylic acids is 1. The molecule has 3 aliphatic rings. The van der Waals surface area contributed by atoms with Crippen LogP contribution < -0.4 is 16.0 Å². The highest BCUT2D eigenvalue weighted by Gasteiger charge is 2.67. The highest BCUT2D eigenvalue weighted by atomic mass is 19.1. The van der Waals surface area contributed by atoms with Gasteiger partial charge >= 0.3 is 6.09 Å². The summed E-state index contributed by atoms with van der Waals surface area (Å²) in [6, 6.07) is 9.14. The van der Waals surface area contributed by atoms with Crippen molar-refractivity contribution in [3.63, 3.8) is 0 Å². The minimum absolute atomic E-state index is 0.0854. The number of pyridine rings is 1. The van der Waals surface area contributed by atoms with Crippen LogP contribution >= 0.6 is 0 Å². The number of aliphatic hydroxyl groups is 1. The molecule has 6 rings (SSSR count). The van der Waals surface area contributed by atoms with Gasteiger partial charge in [0.2, 0.25) is 0 Å². The first-order chi connectivity index (χ1) is 17.9. The Morgan fingerprint density at radius 1 is 1.24 bits per heavy atom. The zero-order valence-corrected chi connectivity index (χ0v) is 21.0. The Bertz CT molecular complexity index is 1450. The molecule has 11 nitrogen and oxygen atoms in total. The number of anilines is 1. The van der Waals surface area contributed by atoms with Crippen LogP contribution in [0.25, 0.3) is 16.9 Å². The minimum Gasteiger partial charge on any atom is -0.465 e. The number of nitrogens with zero attached hydrogens (tertiary/aromatic N) is 4. The normalized spacial score (nSPS) is 22.5. The minimum atomic E-state index is -1.66. The second-order valence-electron chi connectivity index (χ2n) is 11.0. The molecule has 5 N–H and O–H groups in total. The Kier molecular flexibility index (Phi) is 5.99. The van der Waals surface area contributed by atoms with Crippen molar-refractivity contribution in [3.05, 3.63) is 47.8 Å². The summed E-state index contributed by atoms with van der Waals surface area (Å²) in [6.07, 6.45) is 2.40. The molecule has 0 radical (unpaired) electrons. The quantitative estimate of drug-likeness (QED) is 0.287. The Morgan fingerprint density at radius 2 is 1.97 bits per heavy atom. The predicted molar refractivity (Wildman–Crippen MR) is 135 cm³/mol. The van der Waals surface area contributed by atoms with Gasteiger partial charge in [0.25, 0.3) is 5.91 Å². The maximum Gasteiger partial charge on any atom is 0.404 e.